The molecule has 1 heterocycles. The molecule has 0 unspecified atom stereocenters. The van der Waals surface area contributed by atoms with E-state index in [1.54, 1.807) is 0 Å². The van der Waals surface area contributed by atoms with Crippen molar-refractivity contribution in [1.82, 2.24) is 10.2 Å². The van der Waals surface area contributed by atoms with Gasteiger partial charge in [0, 0.05) is 18.6 Å². The monoisotopic (exact) mass is 432 g/mol. The summed E-state index contributed by atoms with van der Waals surface area (Å²) in [6.45, 7) is 1.50. The molecule has 2 aliphatic carbocycles. The van der Waals surface area contributed by atoms with Gasteiger partial charge in [-0.25, -0.2) is 4.79 Å². The number of carbonyl (C=O) groups is 1. The number of benzene rings is 2. The lowest BCUT2D eigenvalue weighted by Gasteiger charge is -2.32. The van der Waals surface area contributed by atoms with Gasteiger partial charge in [0.05, 0.1) is 12.7 Å². The topological polar surface area (TPSA) is 41.6 Å². The maximum absolute atomic E-state index is 13.5. The molecule has 170 valence electrons. The van der Waals surface area contributed by atoms with Crippen LogP contribution in [0.3, 0.4) is 0 Å². The molecule has 2 aromatic carbocycles. The van der Waals surface area contributed by atoms with Crippen LogP contribution in [0.15, 0.2) is 60.7 Å². The smallest absolute Gasteiger partial charge is 0.318 e. The second-order valence-electron chi connectivity index (χ2n) is 10.0. The molecule has 4 nitrogen and oxygen atoms in total. The van der Waals surface area contributed by atoms with Crippen molar-refractivity contribution < 1.29 is 9.53 Å². The molecule has 2 saturated carbocycles. The van der Waals surface area contributed by atoms with Gasteiger partial charge in [-0.2, -0.15) is 0 Å². The van der Waals surface area contributed by atoms with Crippen LogP contribution in [0.2, 0.25) is 0 Å². The third kappa shape index (κ3) is 5.01. The van der Waals surface area contributed by atoms with Crippen molar-refractivity contribution in [3.05, 3.63) is 71.8 Å². The first-order chi connectivity index (χ1) is 15.8. The zero-order chi connectivity index (χ0) is 21.8. The molecule has 5 rings (SSSR count). The van der Waals surface area contributed by atoms with Gasteiger partial charge in [-0.1, -0.05) is 79.9 Å². The number of ether oxygens (including phenoxy) is 1. The molecule has 1 N–H and O–H groups in total. The van der Waals surface area contributed by atoms with E-state index in [1.807, 2.05) is 6.07 Å². The Balaban J connectivity index is 1.28. The van der Waals surface area contributed by atoms with E-state index in [1.165, 1.54) is 30.4 Å². The Morgan fingerprint density at radius 3 is 2.31 bits per heavy atom. The number of carbonyl (C=O) groups excluding carboxylic acids is 1. The largest absolute Gasteiger partial charge is 0.373 e. The summed E-state index contributed by atoms with van der Waals surface area (Å²) in [5.41, 5.74) is 2.49. The Bertz CT molecular complexity index is 866. The summed E-state index contributed by atoms with van der Waals surface area (Å²) in [6, 6.07) is 21.8. The third-order valence-electron chi connectivity index (χ3n) is 7.85. The summed E-state index contributed by atoms with van der Waals surface area (Å²) in [4.78, 5) is 15.6. The maximum atomic E-state index is 13.5. The lowest BCUT2D eigenvalue weighted by Crippen LogP contribution is -2.48. The highest BCUT2D eigenvalue weighted by Gasteiger charge is 2.43. The maximum Gasteiger partial charge on any atom is 0.318 e. The number of nitrogens with zero attached hydrogens (tertiary/aromatic N) is 1. The van der Waals surface area contributed by atoms with Crippen LogP contribution < -0.4 is 5.32 Å². The molecule has 4 heteroatoms. The minimum absolute atomic E-state index is 0.130. The van der Waals surface area contributed by atoms with Gasteiger partial charge < -0.3 is 15.0 Å². The number of nitrogens with one attached hydrogen (secondary N) is 1. The van der Waals surface area contributed by atoms with Gasteiger partial charge in [-0.05, 0) is 55.1 Å². The molecule has 0 aromatic heterocycles. The molecule has 4 atom stereocenters. The van der Waals surface area contributed by atoms with E-state index in [-0.39, 0.29) is 18.2 Å². The van der Waals surface area contributed by atoms with Gasteiger partial charge in [0.2, 0.25) is 0 Å². The van der Waals surface area contributed by atoms with E-state index in [0.29, 0.717) is 24.4 Å². The van der Waals surface area contributed by atoms with E-state index in [0.717, 1.165) is 38.7 Å². The normalized spacial score (nSPS) is 28.1. The van der Waals surface area contributed by atoms with Crippen molar-refractivity contribution in [2.45, 2.75) is 76.1 Å². The van der Waals surface area contributed by atoms with Gasteiger partial charge in [0.1, 0.15) is 0 Å². The fraction of sp³-hybridized carbons (Fsp3) is 0.536. The van der Waals surface area contributed by atoms with Crippen LogP contribution in [0.4, 0.5) is 4.79 Å². The fourth-order valence-corrected chi connectivity index (χ4v) is 6.06. The average molecular weight is 433 g/mol. The summed E-state index contributed by atoms with van der Waals surface area (Å²) in [5, 5.41) is 3.39. The molecule has 2 aromatic rings. The average Bonchev–Trinajstić information content (AvgIpc) is 3.27. The highest BCUT2D eigenvalue weighted by atomic mass is 16.5. The zero-order valence-electron chi connectivity index (χ0n) is 19.0. The Labute approximate surface area is 192 Å². The summed E-state index contributed by atoms with van der Waals surface area (Å²) >= 11 is 0. The summed E-state index contributed by atoms with van der Waals surface area (Å²) in [5.74, 6) is 1.18. The van der Waals surface area contributed by atoms with Crippen LogP contribution in [-0.2, 0) is 11.3 Å². The predicted octanol–water partition coefficient (Wildman–Crippen LogP) is 6.09. The molecule has 1 saturated heterocycles. The number of urea groups is 1. The first-order valence-corrected chi connectivity index (χ1v) is 12.5. The number of amides is 2. The summed E-state index contributed by atoms with van der Waals surface area (Å²) < 4.78 is 6.29. The summed E-state index contributed by atoms with van der Waals surface area (Å²) in [6.07, 6.45) is 9.39. The van der Waals surface area contributed by atoms with Crippen LogP contribution in [-0.4, -0.2) is 29.6 Å². The van der Waals surface area contributed by atoms with Gasteiger partial charge in [0.15, 0.2) is 0 Å². The van der Waals surface area contributed by atoms with Crippen molar-refractivity contribution in [3.63, 3.8) is 0 Å². The first kappa shape index (κ1) is 21.5. The van der Waals surface area contributed by atoms with Gasteiger partial charge in [0.25, 0.3) is 0 Å². The number of rotatable bonds is 5. The highest BCUT2D eigenvalue weighted by Crippen LogP contribution is 2.45. The molecule has 0 radical (unpaired) electrons. The molecule has 0 spiro atoms. The van der Waals surface area contributed by atoms with E-state index in [4.69, 9.17) is 4.74 Å². The van der Waals surface area contributed by atoms with Crippen LogP contribution in [0.1, 0.15) is 68.6 Å². The van der Waals surface area contributed by atoms with Gasteiger partial charge in [-0.15, -0.1) is 0 Å². The van der Waals surface area contributed by atoms with Crippen molar-refractivity contribution in [1.29, 1.82) is 0 Å². The fourth-order valence-electron chi connectivity index (χ4n) is 6.06. The summed E-state index contributed by atoms with van der Waals surface area (Å²) in [7, 11) is 0. The second kappa shape index (κ2) is 10.1. The lowest BCUT2D eigenvalue weighted by atomic mass is 9.86. The Hall–Kier alpha value is -2.33. The first-order valence-electron chi connectivity index (χ1n) is 12.5. The third-order valence-corrected chi connectivity index (χ3v) is 7.85. The number of hydrogen-bond acceptors (Lipinski definition) is 2. The minimum atomic E-state index is 0.130. The molecule has 3 aliphatic rings. The van der Waals surface area contributed by atoms with Crippen LogP contribution in [0.25, 0.3) is 0 Å². The molecular formula is C28H36N2O2. The van der Waals surface area contributed by atoms with E-state index in [9.17, 15) is 4.79 Å². The molecule has 3 fully saturated rings. The SMILES string of the molecule is O=C(NC1CCCCC1)N(Cc1ccccc1)[C@@H]1C[C@@H]2CO[C@H](c3ccccc3)C[C@@H]2C1. The van der Waals surface area contributed by atoms with Crippen molar-refractivity contribution in [3.8, 4) is 0 Å². The van der Waals surface area contributed by atoms with Crippen molar-refractivity contribution in [2.24, 2.45) is 11.8 Å². The quantitative estimate of drug-likeness (QED) is 0.621. The Morgan fingerprint density at radius 2 is 1.56 bits per heavy atom. The second-order valence-corrected chi connectivity index (χ2v) is 10.0. The number of fused-ring (bicyclic) bond motifs is 1. The zero-order valence-corrected chi connectivity index (χ0v) is 19.0. The molecule has 32 heavy (non-hydrogen) atoms. The van der Waals surface area contributed by atoms with Crippen LogP contribution in [0, 0.1) is 11.8 Å². The lowest BCUT2D eigenvalue weighted by molar-refractivity contribution is -0.0384. The van der Waals surface area contributed by atoms with Crippen molar-refractivity contribution >= 4 is 6.03 Å². The molecule has 0 bridgehead atoms. The molecule has 1 aliphatic heterocycles. The van der Waals surface area contributed by atoms with Crippen molar-refractivity contribution in [2.75, 3.05) is 6.61 Å². The Kier molecular flexibility index (Phi) is 6.77. The van der Waals surface area contributed by atoms with Crippen LogP contribution >= 0.6 is 0 Å². The van der Waals surface area contributed by atoms with Gasteiger partial charge in [-0.3, -0.25) is 0 Å². The van der Waals surface area contributed by atoms with Crippen LogP contribution in [0.5, 0.6) is 0 Å². The van der Waals surface area contributed by atoms with Gasteiger partial charge >= 0.3 is 6.03 Å². The minimum Gasteiger partial charge on any atom is -0.373 e. The Morgan fingerprint density at radius 1 is 0.875 bits per heavy atom. The number of hydrogen-bond donors (Lipinski definition) is 1. The standard InChI is InChI=1S/C28H36N2O2/c31-28(29-25-14-8-3-9-15-25)30(19-21-10-4-1-5-11-21)26-16-23-18-27(32-20-24(23)17-26)22-12-6-2-7-13-22/h1-2,4-7,10-13,23-27H,3,8-9,14-20H2,(H,29,31)/t23-,24+,26-,27-/m0/s1. The van der Waals surface area contributed by atoms with E-state index < -0.39 is 0 Å². The highest BCUT2D eigenvalue weighted by molar-refractivity contribution is 5.75. The van der Waals surface area contributed by atoms with E-state index in [2.05, 4.69) is 64.8 Å². The molecular weight excluding hydrogens is 396 g/mol. The molecule has 2 amide bonds. The predicted molar refractivity (Wildman–Crippen MR) is 127 cm³/mol. The van der Waals surface area contributed by atoms with E-state index >= 15 is 0 Å².